The van der Waals surface area contributed by atoms with E-state index in [-0.39, 0.29) is 11.3 Å². The van der Waals surface area contributed by atoms with Gasteiger partial charge in [-0.15, -0.1) is 0 Å². The van der Waals surface area contributed by atoms with Gasteiger partial charge in [-0.3, -0.25) is 4.98 Å². The summed E-state index contributed by atoms with van der Waals surface area (Å²) >= 11 is 0. The number of pyridine rings is 1. The first-order valence-electron chi connectivity index (χ1n) is 5.00. The number of nitrogens with zero attached hydrogens (tertiary/aromatic N) is 2. The zero-order valence-electron chi connectivity index (χ0n) is 9.14. The molecule has 0 aliphatic rings. The summed E-state index contributed by atoms with van der Waals surface area (Å²) in [4.78, 5) is 4.05. The highest BCUT2D eigenvalue weighted by Gasteiger charge is 2.10. The predicted octanol–water partition coefficient (Wildman–Crippen LogP) is 3.19. The predicted molar refractivity (Wildman–Crippen MR) is 60.2 cm³/mol. The van der Waals surface area contributed by atoms with Gasteiger partial charge in [-0.1, -0.05) is 6.07 Å². The zero-order chi connectivity index (χ0) is 12.3. The number of halogens is 1. The molecule has 0 saturated heterocycles. The van der Waals surface area contributed by atoms with Crippen molar-refractivity contribution >= 4 is 0 Å². The molecule has 0 unspecified atom stereocenters. The number of ether oxygens (including phenoxy) is 1. The maximum atomic E-state index is 13.3. The molecule has 4 heteroatoms. The Bertz CT molecular complexity index is 590. The van der Waals surface area contributed by atoms with Crippen molar-refractivity contribution in [3.05, 3.63) is 53.6 Å². The Labute approximate surface area is 98.1 Å². The number of rotatable bonds is 2. The fourth-order valence-electron chi connectivity index (χ4n) is 1.39. The van der Waals surface area contributed by atoms with Crippen LogP contribution in [0.2, 0.25) is 0 Å². The Morgan fingerprint density at radius 1 is 1.24 bits per heavy atom. The monoisotopic (exact) mass is 228 g/mol. The molecular weight excluding hydrogens is 219 g/mol. The van der Waals surface area contributed by atoms with Crippen LogP contribution in [0.25, 0.3) is 0 Å². The Morgan fingerprint density at radius 2 is 2.00 bits per heavy atom. The van der Waals surface area contributed by atoms with E-state index in [2.05, 4.69) is 4.98 Å². The maximum Gasteiger partial charge on any atom is 0.148 e. The van der Waals surface area contributed by atoms with Crippen molar-refractivity contribution in [2.45, 2.75) is 6.92 Å². The molecular formula is C13H9FN2O. The van der Waals surface area contributed by atoms with Crippen molar-refractivity contribution in [2.24, 2.45) is 0 Å². The second-order valence-corrected chi connectivity index (χ2v) is 3.41. The van der Waals surface area contributed by atoms with Crippen molar-refractivity contribution in [3.63, 3.8) is 0 Å². The van der Waals surface area contributed by atoms with Gasteiger partial charge in [0.05, 0.1) is 5.69 Å². The van der Waals surface area contributed by atoms with Gasteiger partial charge in [-0.05, 0) is 31.2 Å². The largest absolute Gasteiger partial charge is 0.454 e. The van der Waals surface area contributed by atoms with Crippen molar-refractivity contribution in [1.29, 1.82) is 5.26 Å². The highest BCUT2D eigenvalue weighted by molar-refractivity contribution is 5.46. The lowest BCUT2D eigenvalue weighted by molar-refractivity contribution is 0.468. The van der Waals surface area contributed by atoms with Crippen molar-refractivity contribution in [1.82, 2.24) is 4.98 Å². The van der Waals surface area contributed by atoms with E-state index in [0.717, 1.165) is 0 Å². The maximum absolute atomic E-state index is 13.3. The molecule has 0 saturated carbocycles. The van der Waals surface area contributed by atoms with Gasteiger partial charge in [-0.2, -0.15) is 5.26 Å². The van der Waals surface area contributed by atoms with Gasteiger partial charge < -0.3 is 4.74 Å². The molecule has 0 spiro atoms. The molecule has 0 aliphatic heterocycles. The fourth-order valence-corrected chi connectivity index (χ4v) is 1.39. The third-order valence-corrected chi connectivity index (χ3v) is 2.27. The number of nitriles is 1. The van der Waals surface area contributed by atoms with Crippen LogP contribution >= 0.6 is 0 Å². The van der Waals surface area contributed by atoms with E-state index in [1.54, 1.807) is 37.4 Å². The molecule has 17 heavy (non-hydrogen) atoms. The quantitative estimate of drug-likeness (QED) is 0.792. The lowest BCUT2D eigenvalue weighted by atomic mass is 10.2. The molecule has 2 aromatic rings. The van der Waals surface area contributed by atoms with Crippen LogP contribution in [0.5, 0.6) is 11.5 Å². The van der Waals surface area contributed by atoms with Crippen molar-refractivity contribution < 1.29 is 9.13 Å². The summed E-state index contributed by atoms with van der Waals surface area (Å²) in [7, 11) is 0. The van der Waals surface area contributed by atoms with Crippen LogP contribution in [-0.2, 0) is 0 Å². The number of benzene rings is 1. The lowest BCUT2D eigenvalue weighted by Gasteiger charge is -2.09. The van der Waals surface area contributed by atoms with Crippen LogP contribution in [0.15, 0.2) is 36.5 Å². The first-order chi connectivity index (χ1) is 8.22. The first kappa shape index (κ1) is 11.1. The SMILES string of the molecule is Cc1ncccc1Oc1cccc(F)c1C#N. The van der Waals surface area contributed by atoms with Crippen LogP contribution in [0, 0.1) is 24.1 Å². The first-order valence-corrected chi connectivity index (χ1v) is 5.00. The van der Waals surface area contributed by atoms with Crippen LogP contribution in [0.1, 0.15) is 11.3 Å². The summed E-state index contributed by atoms with van der Waals surface area (Å²) in [6.45, 7) is 1.78. The van der Waals surface area contributed by atoms with Gasteiger partial charge in [0.2, 0.25) is 0 Å². The highest BCUT2D eigenvalue weighted by Crippen LogP contribution is 2.27. The van der Waals surface area contributed by atoms with E-state index >= 15 is 0 Å². The molecule has 3 nitrogen and oxygen atoms in total. The summed E-state index contributed by atoms with van der Waals surface area (Å²) in [5.74, 6) is 0.116. The summed E-state index contributed by atoms with van der Waals surface area (Å²) in [6.07, 6.45) is 1.64. The van der Waals surface area contributed by atoms with Crippen LogP contribution in [0.3, 0.4) is 0 Å². The second kappa shape index (κ2) is 4.62. The van der Waals surface area contributed by atoms with E-state index in [4.69, 9.17) is 10.00 Å². The van der Waals surface area contributed by atoms with Gasteiger partial charge in [0.15, 0.2) is 0 Å². The molecule has 0 fully saturated rings. The molecule has 1 aromatic carbocycles. The van der Waals surface area contributed by atoms with Crippen LogP contribution < -0.4 is 4.74 Å². The molecule has 0 aliphatic carbocycles. The number of aryl methyl sites for hydroxylation is 1. The molecule has 2 rings (SSSR count). The highest BCUT2D eigenvalue weighted by atomic mass is 19.1. The van der Waals surface area contributed by atoms with E-state index in [1.165, 1.54) is 12.1 Å². The molecule has 84 valence electrons. The van der Waals surface area contributed by atoms with Crippen LogP contribution in [-0.4, -0.2) is 4.98 Å². The molecule has 0 atom stereocenters. The smallest absolute Gasteiger partial charge is 0.148 e. The van der Waals surface area contributed by atoms with E-state index in [0.29, 0.717) is 11.4 Å². The molecule has 0 bridgehead atoms. The zero-order valence-corrected chi connectivity index (χ0v) is 9.14. The minimum atomic E-state index is -0.591. The average molecular weight is 228 g/mol. The number of hydrogen-bond donors (Lipinski definition) is 0. The number of hydrogen-bond acceptors (Lipinski definition) is 3. The second-order valence-electron chi connectivity index (χ2n) is 3.41. The van der Waals surface area contributed by atoms with Crippen LogP contribution in [0.4, 0.5) is 4.39 Å². The summed E-state index contributed by atoms with van der Waals surface area (Å²) in [6, 6.07) is 9.49. The van der Waals surface area contributed by atoms with E-state index in [9.17, 15) is 4.39 Å². The lowest BCUT2D eigenvalue weighted by Crippen LogP contribution is -1.94. The minimum absolute atomic E-state index is 0.101. The standard InChI is InChI=1S/C13H9FN2O/c1-9-12(6-3-7-16-9)17-13-5-2-4-11(14)10(13)8-15/h2-7H,1H3. The van der Waals surface area contributed by atoms with E-state index in [1.807, 2.05) is 0 Å². The molecule has 0 radical (unpaired) electrons. The molecule has 0 N–H and O–H groups in total. The van der Waals surface area contributed by atoms with Gasteiger partial charge >= 0.3 is 0 Å². The Morgan fingerprint density at radius 3 is 2.71 bits per heavy atom. The Kier molecular flexibility index (Phi) is 3.01. The molecule has 1 heterocycles. The van der Waals surface area contributed by atoms with Gasteiger partial charge in [0.1, 0.15) is 28.9 Å². The molecule has 0 amide bonds. The van der Waals surface area contributed by atoms with E-state index < -0.39 is 5.82 Å². The summed E-state index contributed by atoms with van der Waals surface area (Å²) < 4.78 is 18.8. The minimum Gasteiger partial charge on any atom is -0.454 e. The molecule has 1 aromatic heterocycles. The Balaban J connectivity index is 2.41. The van der Waals surface area contributed by atoms with Gasteiger partial charge in [0, 0.05) is 6.20 Å². The fraction of sp³-hybridized carbons (Fsp3) is 0.0769. The average Bonchev–Trinajstić information content (AvgIpc) is 2.32. The van der Waals surface area contributed by atoms with Gasteiger partial charge in [-0.25, -0.2) is 4.39 Å². The Hall–Kier alpha value is -2.41. The summed E-state index contributed by atoms with van der Waals surface area (Å²) in [5, 5.41) is 8.86. The number of aromatic nitrogens is 1. The topological polar surface area (TPSA) is 45.9 Å². The van der Waals surface area contributed by atoms with Gasteiger partial charge in [0.25, 0.3) is 0 Å². The normalized spacial score (nSPS) is 9.71. The third-order valence-electron chi connectivity index (χ3n) is 2.27. The van der Waals surface area contributed by atoms with Crippen molar-refractivity contribution in [2.75, 3.05) is 0 Å². The summed E-state index contributed by atoms with van der Waals surface area (Å²) in [5.41, 5.74) is 0.580. The third kappa shape index (κ3) is 2.23. The van der Waals surface area contributed by atoms with Crippen molar-refractivity contribution in [3.8, 4) is 17.6 Å².